The van der Waals surface area contributed by atoms with Crippen molar-refractivity contribution >= 4 is 27.5 Å². The molecule has 1 aromatic heterocycles. The summed E-state index contributed by atoms with van der Waals surface area (Å²) in [6, 6.07) is 18.8. The van der Waals surface area contributed by atoms with Crippen LogP contribution in [0.1, 0.15) is 15.9 Å². The number of pyridine rings is 1. The molecule has 28 heavy (non-hydrogen) atoms. The van der Waals surface area contributed by atoms with E-state index in [2.05, 4.69) is 45.2 Å². The highest BCUT2D eigenvalue weighted by molar-refractivity contribution is 9.10. The summed E-state index contributed by atoms with van der Waals surface area (Å²) >= 11 is 3.40. The molecule has 1 N–H and O–H groups in total. The SMILES string of the molecule is CN(C)CCc1ccc(NC(=O)c2ccc(Oc3cccc(Br)c3)nc2)cc1. The molecule has 0 aliphatic carbocycles. The lowest BCUT2D eigenvalue weighted by Gasteiger charge is -2.10. The van der Waals surface area contributed by atoms with Gasteiger partial charge in [-0.25, -0.2) is 4.98 Å². The van der Waals surface area contributed by atoms with E-state index in [1.165, 1.54) is 11.8 Å². The number of aromatic nitrogens is 1. The smallest absolute Gasteiger partial charge is 0.257 e. The third-order valence-electron chi connectivity index (χ3n) is 4.08. The van der Waals surface area contributed by atoms with Gasteiger partial charge in [0.15, 0.2) is 0 Å². The van der Waals surface area contributed by atoms with E-state index >= 15 is 0 Å². The van der Waals surface area contributed by atoms with E-state index in [9.17, 15) is 4.79 Å². The van der Waals surface area contributed by atoms with Gasteiger partial charge >= 0.3 is 0 Å². The Morgan fingerprint density at radius 1 is 1.11 bits per heavy atom. The van der Waals surface area contributed by atoms with Gasteiger partial charge in [-0.05, 0) is 62.5 Å². The maximum absolute atomic E-state index is 12.4. The van der Waals surface area contributed by atoms with Crippen molar-refractivity contribution < 1.29 is 9.53 Å². The Morgan fingerprint density at radius 3 is 2.54 bits per heavy atom. The molecule has 0 radical (unpaired) electrons. The number of carbonyl (C=O) groups excluding carboxylic acids is 1. The molecule has 0 spiro atoms. The predicted molar refractivity (Wildman–Crippen MR) is 115 cm³/mol. The summed E-state index contributed by atoms with van der Waals surface area (Å²) in [5, 5.41) is 2.89. The fourth-order valence-electron chi connectivity index (χ4n) is 2.54. The van der Waals surface area contributed by atoms with Gasteiger partial charge in [-0.15, -0.1) is 0 Å². The molecular formula is C22H22BrN3O2. The molecule has 144 valence electrons. The molecule has 0 atom stereocenters. The lowest BCUT2D eigenvalue weighted by molar-refractivity contribution is 0.102. The fourth-order valence-corrected chi connectivity index (χ4v) is 2.92. The van der Waals surface area contributed by atoms with E-state index in [0.29, 0.717) is 17.2 Å². The molecule has 2 aromatic carbocycles. The number of amides is 1. The first-order valence-electron chi connectivity index (χ1n) is 8.94. The van der Waals surface area contributed by atoms with Gasteiger partial charge in [0.1, 0.15) is 5.75 Å². The van der Waals surface area contributed by atoms with E-state index in [4.69, 9.17) is 4.74 Å². The Hall–Kier alpha value is -2.70. The highest BCUT2D eigenvalue weighted by atomic mass is 79.9. The second-order valence-corrected chi connectivity index (χ2v) is 7.56. The van der Waals surface area contributed by atoms with Crippen molar-refractivity contribution in [3.05, 3.63) is 82.5 Å². The molecule has 0 bridgehead atoms. The van der Waals surface area contributed by atoms with Crippen molar-refractivity contribution in [1.29, 1.82) is 0 Å². The first kappa shape index (κ1) is 20.0. The monoisotopic (exact) mass is 439 g/mol. The molecule has 3 aromatic rings. The maximum atomic E-state index is 12.4. The number of benzene rings is 2. The molecule has 6 heteroatoms. The summed E-state index contributed by atoms with van der Waals surface area (Å²) in [4.78, 5) is 18.8. The highest BCUT2D eigenvalue weighted by Crippen LogP contribution is 2.23. The van der Waals surface area contributed by atoms with Crippen LogP contribution >= 0.6 is 15.9 Å². The third-order valence-corrected chi connectivity index (χ3v) is 4.57. The average molecular weight is 440 g/mol. The molecule has 0 saturated carbocycles. The summed E-state index contributed by atoms with van der Waals surface area (Å²) in [5.41, 5.74) is 2.47. The van der Waals surface area contributed by atoms with Crippen LogP contribution in [0.25, 0.3) is 0 Å². The minimum Gasteiger partial charge on any atom is -0.439 e. The molecule has 0 aliphatic heterocycles. The molecule has 1 amide bonds. The van der Waals surface area contributed by atoms with Gasteiger partial charge in [0.05, 0.1) is 5.56 Å². The van der Waals surface area contributed by atoms with Crippen molar-refractivity contribution in [3.8, 4) is 11.6 Å². The number of hydrogen-bond acceptors (Lipinski definition) is 4. The number of halogens is 1. The van der Waals surface area contributed by atoms with Gasteiger partial charge in [0.25, 0.3) is 5.91 Å². The van der Waals surface area contributed by atoms with Crippen LogP contribution in [0.3, 0.4) is 0 Å². The number of nitrogens with zero attached hydrogens (tertiary/aromatic N) is 2. The number of anilines is 1. The topological polar surface area (TPSA) is 54.5 Å². The van der Waals surface area contributed by atoms with E-state index in [1.54, 1.807) is 12.1 Å². The van der Waals surface area contributed by atoms with Gasteiger partial charge in [-0.1, -0.05) is 34.1 Å². The fraction of sp³-hybridized carbons (Fsp3) is 0.182. The van der Waals surface area contributed by atoms with Gasteiger partial charge < -0.3 is 15.0 Å². The zero-order valence-electron chi connectivity index (χ0n) is 15.9. The lowest BCUT2D eigenvalue weighted by atomic mass is 10.1. The number of carbonyl (C=O) groups is 1. The highest BCUT2D eigenvalue weighted by Gasteiger charge is 2.08. The minimum atomic E-state index is -0.206. The predicted octanol–water partition coefficient (Wildman–Crippen LogP) is 4.99. The zero-order chi connectivity index (χ0) is 19.9. The second kappa shape index (κ2) is 9.48. The largest absolute Gasteiger partial charge is 0.439 e. The number of likely N-dealkylation sites (N-methyl/N-ethyl adjacent to an activating group) is 1. The van der Waals surface area contributed by atoms with E-state index in [0.717, 1.165) is 23.1 Å². The van der Waals surface area contributed by atoms with Gasteiger partial charge in [-0.3, -0.25) is 4.79 Å². The van der Waals surface area contributed by atoms with E-state index < -0.39 is 0 Å². The zero-order valence-corrected chi connectivity index (χ0v) is 17.4. The number of hydrogen-bond donors (Lipinski definition) is 1. The summed E-state index contributed by atoms with van der Waals surface area (Å²) in [5.74, 6) is 0.899. The molecular weight excluding hydrogens is 418 g/mol. The molecule has 0 aliphatic rings. The normalized spacial score (nSPS) is 10.7. The van der Waals surface area contributed by atoms with Crippen molar-refractivity contribution in [2.24, 2.45) is 0 Å². The molecule has 0 unspecified atom stereocenters. The van der Waals surface area contributed by atoms with Crippen LogP contribution in [0.5, 0.6) is 11.6 Å². The minimum absolute atomic E-state index is 0.206. The number of nitrogens with one attached hydrogen (secondary N) is 1. The van der Waals surface area contributed by atoms with E-state index in [-0.39, 0.29) is 5.91 Å². The van der Waals surface area contributed by atoms with Crippen LogP contribution < -0.4 is 10.1 Å². The maximum Gasteiger partial charge on any atom is 0.257 e. The van der Waals surface area contributed by atoms with Crippen molar-refractivity contribution in [1.82, 2.24) is 9.88 Å². The molecule has 3 rings (SSSR count). The first-order valence-corrected chi connectivity index (χ1v) is 9.73. The first-order chi connectivity index (χ1) is 13.5. The van der Waals surface area contributed by atoms with Crippen LogP contribution in [0, 0.1) is 0 Å². The standard InChI is InChI=1S/C22H22BrN3O2/c1-26(2)13-12-16-6-9-19(10-7-16)25-22(27)17-8-11-21(24-15-17)28-20-5-3-4-18(23)14-20/h3-11,14-15H,12-13H2,1-2H3,(H,25,27). The Bertz CT molecular complexity index is 925. The van der Waals surface area contributed by atoms with Crippen molar-refractivity contribution in [2.45, 2.75) is 6.42 Å². The van der Waals surface area contributed by atoms with Crippen LogP contribution in [0.2, 0.25) is 0 Å². The second-order valence-electron chi connectivity index (χ2n) is 6.65. The van der Waals surface area contributed by atoms with Crippen LogP contribution in [0.4, 0.5) is 5.69 Å². The Morgan fingerprint density at radius 2 is 1.89 bits per heavy atom. The number of rotatable bonds is 7. The summed E-state index contributed by atoms with van der Waals surface area (Å²) < 4.78 is 6.61. The quantitative estimate of drug-likeness (QED) is 0.562. The Balaban J connectivity index is 1.58. The van der Waals surface area contributed by atoms with Gasteiger partial charge in [0.2, 0.25) is 5.88 Å². The van der Waals surface area contributed by atoms with Gasteiger partial charge in [-0.2, -0.15) is 0 Å². The Kier molecular flexibility index (Phi) is 6.79. The third kappa shape index (κ3) is 5.90. The van der Waals surface area contributed by atoms with Crippen molar-refractivity contribution in [2.75, 3.05) is 26.0 Å². The molecule has 1 heterocycles. The van der Waals surface area contributed by atoms with Crippen LogP contribution in [-0.4, -0.2) is 36.4 Å². The average Bonchev–Trinajstić information content (AvgIpc) is 2.68. The number of ether oxygens (including phenoxy) is 1. The van der Waals surface area contributed by atoms with Crippen LogP contribution in [0.15, 0.2) is 71.3 Å². The van der Waals surface area contributed by atoms with Gasteiger partial charge in [0, 0.05) is 29.0 Å². The molecule has 5 nitrogen and oxygen atoms in total. The summed E-state index contributed by atoms with van der Waals surface area (Å²) in [7, 11) is 4.11. The van der Waals surface area contributed by atoms with Crippen molar-refractivity contribution in [3.63, 3.8) is 0 Å². The summed E-state index contributed by atoms with van der Waals surface area (Å²) in [6.07, 6.45) is 2.48. The van der Waals surface area contributed by atoms with Crippen LogP contribution in [-0.2, 0) is 6.42 Å². The summed E-state index contributed by atoms with van der Waals surface area (Å²) in [6.45, 7) is 0.992. The Labute approximate surface area is 173 Å². The molecule has 0 fully saturated rings. The lowest BCUT2D eigenvalue weighted by Crippen LogP contribution is -2.15. The van der Waals surface area contributed by atoms with E-state index in [1.807, 2.05) is 48.5 Å². The molecule has 0 saturated heterocycles.